The van der Waals surface area contributed by atoms with Crippen molar-refractivity contribution in [2.24, 2.45) is 0 Å². The number of carbonyl (C=O) groups excluding carboxylic acids is 2. The highest BCUT2D eigenvalue weighted by molar-refractivity contribution is 7.92. The van der Waals surface area contributed by atoms with Gasteiger partial charge in [0.2, 0.25) is 11.8 Å². The number of benzene rings is 4. The minimum atomic E-state index is -4.14. The van der Waals surface area contributed by atoms with Gasteiger partial charge in [-0.3, -0.25) is 13.9 Å². The largest absolute Gasteiger partial charge is 0.352 e. The minimum Gasteiger partial charge on any atom is -0.352 e. The molecule has 45 heavy (non-hydrogen) atoms. The molecule has 0 radical (unpaired) electrons. The first-order valence-corrected chi connectivity index (χ1v) is 16.8. The summed E-state index contributed by atoms with van der Waals surface area (Å²) in [4.78, 5) is 30.1. The fourth-order valence-electron chi connectivity index (χ4n) is 5.08. The van der Waals surface area contributed by atoms with Crippen molar-refractivity contribution in [1.82, 2.24) is 10.2 Å². The van der Waals surface area contributed by atoms with Crippen molar-refractivity contribution in [3.8, 4) is 0 Å². The Kier molecular flexibility index (Phi) is 11.2. The molecule has 2 amide bonds. The highest BCUT2D eigenvalue weighted by atomic mass is 32.2. The average Bonchev–Trinajstić information content (AvgIpc) is 3.03. The van der Waals surface area contributed by atoms with Gasteiger partial charge in [0.1, 0.15) is 12.6 Å². The second kappa shape index (κ2) is 15.0. The maximum atomic E-state index is 14.6. The number of amides is 2. The van der Waals surface area contributed by atoms with Crippen molar-refractivity contribution in [3.05, 3.63) is 131 Å². The number of carbonyl (C=O) groups is 2. The molecule has 2 atom stereocenters. The van der Waals surface area contributed by atoms with Crippen molar-refractivity contribution < 1.29 is 18.0 Å². The molecule has 0 spiro atoms. The number of para-hydroxylation sites is 1. The molecule has 7 nitrogen and oxygen atoms in total. The Labute approximate surface area is 268 Å². The number of aryl methyl sites for hydroxylation is 3. The SMILES string of the molecule is CC[C@@H](C)NC(=O)[C@@H](Cc1ccccc1)N(Cc1ccc(C)cc1)C(=O)CN(c1ccccc1C)S(=O)(=O)c1ccc(C)cc1. The first-order chi connectivity index (χ1) is 21.5. The third-order valence-corrected chi connectivity index (χ3v) is 9.79. The van der Waals surface area contributed by atoms with Crippen LogP contribution in [0.1, 0.15) is 48.1 Å². The molecule has 0 bridgehead atoms. The zero-order chi connectivity index (χ0) is 32.6. The van der Waals surface area contributed by atoms with Crippen molar-refractivity contribution in [1.29, 1.82) is 0 Å². The third-order valence-electron chi connectivity index (χ3n) is 8.02. The van der Waals surface area contributed by atoms with Crippen LogP contribution in [0.25, 0.3) is 0 Å². The molecule has 4 rings (SSSR count). The van der Waals surface area contributed by atoms with E-state index in [4.69, 9.17) is 0 Å². The summed E-state index contributed by atoms with van der Waals surface area (Å²) in [5.41, 5.74) is 4.85. The van der Waals surface area contributed by atoms with Gasteiger partial charge >= 0.3 is 0 Å². The van der Waals surface area contributed by atoms with E-state index >= 15 is 0 Å². The lowest BCUT2D eigenvalue weighted by molar-refractivity contribution is -0.140. The van der Waals surface area contributed by atoms with Crippen LogP contribution in [0.3, 0.4) is 0 Å². The predicted octanol–water partition coefficient (Wildman–Crippen LogP) is 6.36. The van der Waals surface area contributed by atoms with Gasteiger partial charge in [-0.15, -0.1) is 0 Å². The molecular weight excluding hydrogens is 582 g/mol. The van der Waals surface area contributed by atoms with Crippen molar-refractivity contribution >= 4 is 27.5 Å². The van der Waals surface area contributed by atoms with Crippen LogP contribution in [-0.2, 0) is 32.6 Å². The van der Waals surface area contributed by atoms with Gasteiger partial charge in [0, 0.05) is 19.0 Å². The van der Waals surface area contributed by atoms with Gasteiger partial charge in [-0.1, -0.05) is 103 Å². The van der Waals surface area contributed by atoms with Gasteiger partial charge in [-0.05, 0) is 69.0 Å². The molecular formula is C37H43N3O4S. The standard InChI is InChI=1S/C37H43N3O4S/c1-6-30(5)38-37(42)35(24-31-13-8-7-9-14-31)39(25-32-20-16-27(2)17-21-32)36(41)26-40(34-15-11-10-12-29(34)4)45(43,44)33-22-18-28(3)19-23-33/h7-23,30,35H,6,24-26H2,1-5H3,(H,38,42)/t30-,35-/m1/s1. The zero-order valence-corrected chi connectivity index (χ0v) is 27.6. The molecule has 1 N–H and O–H groups in total. The van der Waals surface area contributed by atoms with Crippen LogP contribution < -0.4 is 9.62 Å². The van der Waals surface area contributed by atoms with E-state index in [9.17, 15) is 18.0 Å². The van der Waals surface area contributed by atoms with E-state index in [1.54, 1.807) is 36.4 Å². The second-order valence-corrected chi connectivity index (χ2v) is 13.5. The smallest absolute Gasteiger partial charge is 0.264 e. The normalized spacial score (nSPS) is 12.6. The molecule has 0 aliphatic heterocycles. The molecule has 0 unspecified atom stereocenters. The van der Waals surface area contributed by atoms with Crippen LogP contribution in [0.4, 0.5) is 5.69 Å². The van der Waals surface area contributed by atoms with E-state index in [0.717, 1.165) is 28.7 Å². The van der Waals surface area contributed by atoms with E-state index in [0.29, 0.717) is 11.3 Å². The fraction of sp³-hybridized carbons (Fsp3) is 0.297. The summed E-state index contributed by atoms with van der Waals surface area (Å²) < 4.78 is 29.6. The number of hydrogen-bond donors (Lipinski definition) is 1. The summed E-state index contributed by atoms with van der Waals surface area (Å²) >= 11 is 0. The molecule has 0 saturated carbocycles. The second-order valence-electron chi connectivity index (χ2n) is 11.6. The summed E-state index contributed by atoms with van der Waals surface area (Å²) in [7, 11) is -4.14. The number of anilines is 1. The summed E-state index contributed by atoms with van der Waals surface area (Å²) in [6, 6.07) is 30.1. The van der Waals surface area contributed by atoms with Crippen LogP contribution >= 0.6 is 0 Å². The van der Waals surface area contributed by atoms with Gasteiger partial charge < -0.3 is 10.2 Å². The van der Waals surface area contributed by atoms with Crippen molar-refractivity contribution in [2.45, 2.75) is 71.0 Å². The molecule has 4 aromatic carbocycles. The fourth-order valence-corrected chi connectivity index (χ4v) is 6.56. The first-order valence-electron chi connectivity index (χ1n) is 15.3. The average molecular weight is 626 g/mol. The highest BCUT2D eigenvalue weighted by Gasteiger charge is 2.35. The van der Waals surface area contributed by atoms with Crippen LogP contribution in [-0.4, -0.2) is 43.8 Å². The van der Waals surface area contributed by atoms with Crippen molar-refractivity contribution in [3.63, 3.8) is 0 Å². The first kappa shape index (κ1) is 33.5. The Hall–Kier alpha value is -4.43. The monoisotopic (exact) mass is 625 g/mol. The van der Waals surface area contributed by atoms with Gasteiger partial charge in [0.25, 0.3) is 10.0 Å². The number of rotatable bonds is 13. The van der Waals surface area contributed by atoms with Gasteiger partial charge in [0.05, 0.1) is 10.6 Å². The molecule has 8 heteroatoms. The topological polar surface area (TPSA) is 86.8 Å². The molecule has 0 fully saturated rings. The summed E-state index contributed by atoms with van der Waals surface area (Å²) in [6.45, 7) is 9.27. The molecule has 0 aliphatic carbocycles. The Balaban J connectivity index is 1.81. The molecule has 0 saturated heterocycles. The van der Waals surface area contributed by atoms with Crippen molar-refractivity contribution in [2.75, 3.05) is 10.8 Å². The number of sulfonamides is 1. The quantitative estimate of drug-likeness (QED) is 0.187. The molecule has 0 heterocycles. The summed E-state index contributed by atoms with van der Waals surface area (Å²) in [5, 5.41) is 3.07. The Bertz CT molecular complexity index is 1690. The Morgan fingerprint density at radius 3 is 1.93 bits per heavy atom. The molecule has 0 aromatic heterocycles. The van der Waals surface area contributed by atoms with Crippen LogP contribution in [0.2, 0.25) is 0 Å². The van der Waals surface area contributed by atoms with Crippen LogP contribution in [0.15, 0.2) is 108 Å². The number of nitrogens with zero attached hydrogens (tertiary/aromatic N) is 2. The maximum Gasteiger partial charge on any atom is 0.264 e. The lowest BCUT2D eigenvalue weighted by Gasteiger charge is -2.34. The maximum absolute atomic E-state index is 14.6. The molecule has 4 aromatic rings. The van der Waals surface area contributed by atoms with Gasteiger partial charge in [0.15, 0.2) is 0 Å². The lowest BCUT2D eigenvalue weighted by atomic mass is 10.0. The van der Waals surface area contributed by atoms with Crippen LogP contribution in [0, 0.1) is 20.8 Å². The van der Waals surface area contributed by atoms with Crippen LogP contribution in [0.5, 0.6) is 0 Å². The van der Waals surface area contributed by atoms with Gasteiger partial charge in [-0.25, -0.2) is 8.42 Å². The van der Waals surface area contributed by atoms with E-state index < -0.39 is 28.5 Å². The zero-order valence-electron chi connectivity index (χ0n) is 26.7. The predicted molar refractivity (Wildman–Crippen MR) is 180 cm³/mol. The Morgan fingerprint density at radius 2 is 1.33 bits per heavy atom. The lowest BCUT2D eigenvalue weighted by Crippen LogP contribution is -2.54. The van der Waals surface area contributed by atoms with E-state index in [2.05, 4.69) is 5.32 Å². The van der Waals surface area contributed by atoms with E-state index in [1.165, 1.54) is 9.21 Å². The molecule has 236 valence electrons. The minimum absolute atomic E-state index is 0.0876. The van der Waals surface area contributed by atoms with E-state index in [-0.39, 0.29) is 29.8 Å². The van der Waals surface area contributed by atoms with Gasteiger partial charge in [-0.2, -0.15) is 0 Å². The number of nitrogens with one attached hydrogen (secondary N) is 1. The number of hydrogen-bond acceptors (Lipinski definition) is 4. The third kappa shape index (κ3) is 8.60. The highest BCUT2D eigenvalue weighted by Crippen LogP contribution is 2.28. The summed E-state index contributed by atoms with van der Waals surface area (Å²) in [5.74, 6) is -0.757. The Morgan fingerprint density at radius 1 is 0.756 bits per heavy atom. The summed E-state index contributed by atoms with van der Waals surface area (Å²) in [6.07, 6.45) is 1.00. The molecule has 0 aliphatic rings. The van der Waals surface area contributed by atoms with E-state index in [1.807, 2.05) is 101 Å².